The number of fused-ring (bicyclic) bond motifs is 2. The van der Waals surface area contributed by atoms with E-state index >= 15 is 0 Å². The summed E-state index contributed by atoms with van der Waals surface area (Å²) in [4.78, 5) is 9.20. The van der Waals surface area contributed by atoms with Crippen molar-refractivity contribution in [2.75, 3.05) is 25.2 Å². The molecule has 1 aliphatic rings. The number of hydrogen-bond donors (Lipinski definition) is 0. The molecule has 0 radical (unpaired) electrons. The third kappa shape index (κ3) is 3.15. The minimum absolute atomic E-state index is 0.953. The molecule has 4 heteroatoms. The molecule has 2 aromatic heterocycles. The van der Waals surface area contributed by atoms with E-state index in [0.717, 1.165) is 49.8 Å². The monoisotopic (exact) mass is 321 g/mol. The quantitative estimate of drug-likeness (QED) is 0.663. The smallest absolute Gasteiger partial charge is 0.134 e. The Kier molecular flexibility index (Phi) is 4.22. The average Bonchev–Trinajstić information content (AvgIpc) is 3.02. The van der Waals surface area contributed by atoms with Crippen LogP contribution in [0.4, 0.5) is 5.82 Å². The highest BCUT2D eigenvalue weighted by molar-refractivity contribution is 5.77. The highest BCUT2D eigenvalue weighted by Gasteiger charge is 2.20. The molecule has 124 valence electrons. The summed E-state index contributed by atoms with van der Waals surface area (Å²) in [6, 6.07) is 14.6. The molecule has 24 heavy (non-hydrogen) atoms. The molecule has 0 unspecified atom stereocenters. The van der Waals surface area contributed by atoms with Crippen molar-refractivity contribution in [3.8, 4) is 0 Å². The van der Waals surface area contributed by atoms with Crippen molar-refractivity contribution in [1.82, 2.24) is 9.88 Å². The van der Waals surface area contributed by atoms with Gasteiger partial charge in [0.15, 0.2) is 0 Å². The van der Waals surface area contributed by atoms with Crippen LogP contribution in [0.15, 0.2) is 53.1 Å². The molecule has 0 N–H and O–H groups in total. The van der Waals surface area contributed by atoms with E-state index < -0.39 is 0 Å². The molecule has 1 aliphatic heterocycles. The van der Waals surface area contributed by atoms with Gasteiger partial charge in [0.2, 0.25) is 0 Å². The predicted molar refractivity (Wildman–Crippen MR) is 97.1 cm³/mol. The topological polar surface area (TPSA) is 32.5 Å². The predicted octanol–water partition coefficient (Wildman–Crippen LogP) is 4.06. The molecule has 0 fully saturated rings. The standard InChI is InChI=1S/C20H23N3O/c1-22-15-23(14-17-8-6-11-21-20(17)22)12-5-4-9-18-13-16-7-2-3-10-19(16)24-18/h2-3,6-8,10-11,13H,4-5,9,12,14-15H2,1H3. The van der Waals surface area contributed by atoms with E-state index in [0.29, 0.717) is 0 Å². The number of aromatic nitrogens is 1. The van der Waals surface area contributed by atoms with Crippen LogP contribution in [0.2, 0.25) is 0 Å². The molecule has 0 amide bonds. The summed E-state index contributed by atoms with van der Waals surface area (Å²) >= 11 is 0. The molecule has 0 saturated carbocycles. The summed E-state index contributed by atoms with van der Waals surface area (Å²) < 4.78 is 5.89. The number of rotatable bonds is 5. The van der Waals surface area contributed by atoms with Gasteiger partial charge in [-0.3, -0.25) is 4.90 Å². The van der Waals surface area contributed by atoms with Crippen LogP contribution in [0.5, 0.6) is 0 Å². The van der Waals surface area contributed by atoms with Crippen molar-refractivity contribution in [2.24, 2.45) is 0 Å². The third-order valence-electron chi connectivity index (χ3n) is 4.66. The Morgan fingerprint density at radius 2 is 2.04 bits per heavy atom. The molecule has 0 aliphatic carbocycles. The van der Waals surface area contributed by atoms with E-state index in [9.17, 15) is 0 Å². The number of anilines is 1. The molecular weight excluding hydrogens is 298 g/mol. The number of nitrogens with zero attached hydrogens (tertiary/aromatic N) is 3. The second kappa shape index (κ2) is 6.65. The summed E-state index contributed by atoms with van der Waals surface area (Å²) in [5, 5.41) is 1.20. The largest absolute Gasteiger partial charge is 0.461 e. The van der Waals surface area contributed by atoms with Gasteiger partial charge in [-0.15, -0.1) is 0 Å². The number of aryl methyl sites for hydroxylation is 1. The van der Waals surface area contributed by atoms with Crippen LogP contribution in [0.25, 0.3) is 11.0 Å². The van der Waals surface area contributed by atoms with Crippen LogP contribution in [0, 0.1) is 0 Å². The summed E-state index contributed by atoms with van der Waals surface area (Å²) in [6.45, 7) is 3.06. The number of pyridine rings is 1. The Morgan fingerprint density at radius 1 is 1.12 bits per heavy atom. The van der Waals surface area contributed by atoms with Crippen molar-refractivity contribution < 1.29 is 4.42 Å². The Balaban J connectivity index is 1.29. The number of para-hydroxylation sites is 1. The first-order valence-corrected chi connectivity index (χ1v) is 8.64. The first kappa shape index (κ1) is 15.2. The SMILES string of the molecule is CN1CN(CCCCc2cc3ccccc3o2)Cc2cccnc21. The molecule has 0 saturated heterocycles. The molecule has 0 spiro atoms. The van der Waals surface area contributed by atoms with Crippen molar-refractivity contribution in [3.63, 3.8) is 0 Å². The number of furan rings is 1. The first-order chi connectivity index (χ1) is 11.8. The van der Waals surface area contributed by atoms with Gasteiger partial charge >= 0.3 is 0 Å². The van der Waals surface area contributed by atoms with Crippen LogP contribution >= 0.6 is 0 Å². The first-order valence-electron chi connectivity index (χ1n) is 8.64. The molecular formula is C20H23N3O. The van der Waals surface area contributed by atoms with Gasteiger partial charge in [-0.1, -0.05) is 24.3 Å². The minimum Gasteiger partial charge on any atom is -0.461 e. The van der Waals surface area contributed by atoms with Crippen molar-refractivity contribution in [3.05, 3.63) is 60.0 Å². The van der Waals surface area contributed by atoms with Gasteiger partial charge in [-0.05, 0) is 31.0 Å². The van der Waals surface area contributed by atoms with E-state index in [-0.39, 0.29) is 0 Å². The van der Waals surface area contributed by atoms with E-state index in [1.165, 1.54) is 17.4 Å². The number of benzene rings is 1. The van der Waals surface area contributed by atoms with Gasteiger partial charge in [0.1, 0.15) is 17.2 Å². The zero-order chi connectivity index (χ0) is 16.4. The molecule has 1 aromatic carbocycles. The minimum atomic E-state index is 0.953. The zero-order valence-corrected chi connectivity index (χ0v) is 14.1. The van der Waals surface area contributed by atoms with Crippen molar-refractivity contribution in [1.29, 1.82) is 0 Å². The maximum absolute atomic E-state index is 5.89. The van der Waals surface area contributed by atoms with Gasteiger partial charge in [-0.25, -0.2) is 4.98 Å². The lowest BCUT2D eigenvalue weighted by Crippen LogP contribution is -2.41. The lowest BCUT2D eigenvalue weighted by atomic mass is 10.1. The second-order valence-electron chi connectivity index (χ2n) is 6.59. The van der Waals surface area contributed by atoms with Crippen LogP contribution in [0.1, 0.15) is 24.2 Å². The Labute approximate surface area is 142 Å². The van der Waals surface area contributed by atoms with Gasteiger partial charge in [0.25, 0.3) is 0 Å². The second-order valence-corrected chi connectivity index (χ2v) is 6.59. The van der Waals surface area contributed by atoms with Gasteiger partial charge in [0.05, 0.1) is 6.67 Å². The van der Waals surface area contributed by atoms with Crippen LogP contribution in [-0.2, 0) is 13.0 Å². The molecule has 3 heterocycles. The fourth-order valence-corrected chi connectivity index (χ4v) is 3.50. The summed E-state index contributed by atoms with van der Waals surface area (Å²) in [7, 11) is 2.12. The highest BCUT2D eigenvalue weighted by Crippen LogP contribution is 2.24. The van der Waals surface area contributed by atoms with Gasteiger partial charge < -0.3 is 9.32 Å². The number of unbranched alkanes of at least 4 members (excludes halogenated alkanes) is 1. The van der Waals surface area contributed by atoms with Crippen molar-refractivity contribution in [2.45, 2.75) is 25.8 Å². The highest BCUT2D eigenvalue weighted by atomic mass is 16.3. The molecule has 4 rings (SSSR count). The van der Waals surface area contributed by atoms with Crippen LogP contribution in [-0.4, -0.2) is 30.1 Å². The molecule has 4 nitrogen and oxygen atoms in total. The van der Waals surface area contributed by atoms with Crippen LogP contribution in [0.3, 0.4) is 0 Å². The van der Waals surface area contributed by atoms with Crippen LogP contribution < -0.4 is 4.90 Å². The number of hydrogen-bond acceptors (Lipinski definition) is 4. The molecule has 0 bridgehead atoms. The Hall–Kier alpha value is -2.33. The molecule has 3 aromatic rings. The van der Waals surface area contributed by atoms with E-state index in [1.54, 1.807) is 0 Å². The van der Waals surface area contributed by atoms with Gasteiger partial charge in [-0.2, -0.15) is 0 Å². The van der Waals surface area contributed by atoms with Gasteiger partial charge in [0, 0.05) is 43.7 Å². The van der Waals surface area contributed by atoms with E-state index in [4.69, 9.17) is 4.42 Å². The van der Waals surface area contributed by atoms with E-state index in [1.807, 2.05) is 24.4 Å². The zero-order valence-electron chi connectivity index (χ0n) is 14.1. The Bertz CT molecular complexity index is 793. The Morgan fingerprint density at radius 3 is 2.96 bits per heavy atom. The summed E-state index contributed by atoms with van der Waals surface area (Å²) in [5.41, 5.74) is 2.32. The molecule has 0 atom stereocenters. The lowest BCUT2D eigenvalue weighted by Gasteiger charge is -2.35. The van der Waals surface area contributed by atoms with E-state index in [2.05, 4.69) is 46.1 Å². The average molecular weight is 321 g/mol. The summed E-state index contributed by atoms with van der Waals surface area (Å²) in [6.07, 6.45) is 5.22. The third-order valence-corrected chi connectivity index (χ3v) is 4.66. The fourth-order valence-electron chi connectivity index (χ4n) is 3.50. The maximum Gasteiger partial charge on any atom is 0.134 e. The normalized spacial score (nSPS) is 15.0. The maximum atomic E-state index is 5.89. The fraction of sp³-hybridized carbons (Fsp3) is 0.350. The van der Waals surface area contributed by atoms with Crippen molar-refractivity contribution >= 4 is 16.8 Å². The summed E-state index contributed by atoms with van der Waals surface area (Å²) in [5.74, 6) is 2.22. The lowest BCUT2D eigenvalue weighted by molar-refractivity contribution is 0.249.